The fraction of sp³-hybridized carbons (Fsp3) is 0.500. The van der Waals surface area contributed by atoms with Crippen LogP contribution in [0.4, 0.5) is 14.7 Å². The van der Waals surface area contributed by atoms with Crippen LogP contribution in [-0.4, -0.2) is 55.3 Å². The van der Waals surface area contributed by atoms with Gasteiger partial charge in [-0.05, 0) is 25.8 Å². The van der Waals surface area contributed by atoms with Gasteiger partial charge in [0.15, 0.2) is 5.65 Å². The second kappa shape index (κ2) is 7.84. The van der Waals surface area contributed by atoms with Gasteiger partial charge in [-0.3, -0.25) is 4.68 Å². The van der Waals surface area contributed by atoms with E-state index in [0.29, 0.717) is 42.5 Å². The van der Waals surface area contributed by atoms with E-state index < -0.39 is 5.92 Å². The lowest BCUT2D eigenvalue weighted by Gasteiger charge is -2.33. The summed E-state index contributed by atoms with van der Waals surface area (Å²) in [4.78, 5) is 20.9. The maximum absolute atomic E-state index is 13.8. The van der Waals surface area contributed by atoms with Crippen LogP contribution < -0.4 is 4.90 Å². The molecule has 1 saturated heterocycles. The van der Waals surface area contributed by atoms with Crippen molar-refractivity contribution in [3.05, 3.63) is 41.1 Å². The molecule has 1 aliphatic heterocycles. The highest BCUT2D eigenvalue weighted by molar-refractivity contribution is 5.86. The maximum atomic E-state index is 13.8. The van der Waals surface area contributed by atoms with Crippen molar-refractivity contribution in [1.82, 2.24) is 29.7 Å². The van der Waals surface area contributed by atoms with Crippen molar-refractivity contribution in [2.75, 3.05) is 24.6 Å². The number of nitrogens with zero attached hydrogens (tertiary/aromatic N) is 7. The van der Waals surface area contributed by atoms with Gasteiger partial charge in [-0.1, -0.05) is 6.08 Å². The van der Waals surface area contributed by atoms with E-state index >= 15 is 0 Å². The number of aromatic nitrogens is 6. The lowest BCUT2D eigenvalue weighted by Crippen LogP contribution is -2.39. The van der Waals surface area contributed by atoms with Crippen molar-refractivity contribution in [3.8, 4) is 0 Å². The quantitative estimate of drug-likeness (QED) is 0.615. The molecule has 0 spiro atoms. The van der Waals surface area contributed by atoms with E-state index in [4.69, 9.17) is 14.7 Å². The first-order valence-electron chi connectivity index (χ1n) is 10.7. The minimum absolute atomic E-state index is 0.154. The zero-order valence-corrected chi connectivity index (χ0v) is 18.3. The largest absolute Gasteiger partial charge is 0.370 e. The number of fused-ring (bicyclic) bond motifs is 1. The number of rotatable bonds is 3. The Kier molecular flexibility index (Phi) is 5.11. The van der Waals surface area contributed by atoms with Crippen LogP contribution in [0.2, 0.25) is 0 Å². The van der Waals surface area contributed by atoms with Crippen LogP contribution in [0.3, 0.4) is 0 Å². The van der Waals surface area contributed by atoms with E-state index in [9.17, 15) is 8.78 Å². The van der Waals surface area contributed by atoms with Gasteiger partial charge in [-0.25, -0.2) is 23.7 Å². The monoisotopic (exact) mass is 441 g/mol. The average Bonchev–Trinajstić information content (AvgIpc) is 3.21. The molecule has 1 fully saturated rings. The van der Waals surface area contributed by atoms with Gasteiger partial charge in [0.05, 0.1) is 36.4 Å². The molecular formula is C22H25F2N7O. The van der Waals surface area contributed by atoms with Gasteiger partial charge >= 0.3 is 0 Å². The number of anilines is 1. The van der Waals surface area contributed by atoms with Gasteiger partial charge in [0.2, 0.25) is 5.95 Å². The summed E-state index contributed by atoms with van der Waals surface area (Å²) in [5.41, 5.74) is 4.97. The highest BCUT2D eigenvalue weighted by Crippen LogP contribution is 2.38. The second-order valence-electron chi connectivity index (χ2n) is 8.48. The zero-order valence-electron chi connectivity index (χ0n) is 18.3. The van der Waals surface area contributed by atoms with Crippen LogP contribution in [0.15, 0.2) is 18.5 Å². The van der Waals surface area contributed by atoms with Crippen molar-refractivity contribution >= 4 is 22.7 Å². The van der Waals surface area contributed by atoms with Gasteiger partial charge in [-0.2, -0.15) is 10.1 Å². The molecule has 4 heterocycles. The SMILES string of the molecule is Cc1nc2nc(N3CCO[C@@H](c4cnn(C)c4)C3)nc(C3=CCC(F)(F)CC3)c2nc1C. The normalized spacial score (nSPS) is 21.1. The lowest BCUT2D eigenvalue weighted by atomic mass is 9.93. The summed E-state index contributed by atoms with van der Waals surface area (Å²) in [7, 11) is 1.87. The van der Waals surface area contributed by atoms with Gasteiger partial charge in [0, 0.05) is 38.2 Å². The molecule has 168 valence electrons. The average molecular weight is 441 g/mol. The Bertz CT molecular complexity index is 1210. The lowest BCUT2D eigenvalue weighted by molar-refractivity contribution is -0.00605. The van der Waals surface area contributed by atoms with E-state index in [1.54, 1.807) is 17.0 Å². The molecule has 1 atom stereocenters. The molecule has 8 nitrogen and oxygen atoms in total. The summed E-state index contributed by atoms with van der Waals surface area (Å²) >= 11 is 0. The van der Waals surface area contributed by atoms with E-state index in [1.807, 2.05) is 27.1 Å². The molecule has 0 saturated carbocycles. The molecule has 3 aromatic rings. The van der Waals surface area contributed by atoms with E-state index in [2.05, 4.69) is 20.0 Å². The fourth-order valence-electron chi connectivity index (χ4n) is 4.11. The maximum Gasteiger partial charge on any atom is 0.251 e. The Hall–Kier alpha value is -3.01. The van der Waals surface area contributed by atoms with Gasteiger partial charge < -0.3 is 9.64 Å². The first-order valence-corrected chi connectivity index (χ1v) is 10.7. The van der Waals surface area contributed by atoms with Crippen molar-refractivity contribution in [3.63, 3.8) is 0 Å². The van der Waals surface area contributed by atoms with Crippen molar-refractivity contribution in [1.29, 1.82) is 0 Å². The number of ether oxygens (including phenoxy) is 1. The second-order valence-corrected chi connectivity index (χ2v) is 8.48. The van der Waals surface area contributed by atoms with Crippen molar-refractivity contribution in [2.24, 2.45) is 7.05 Å². The van der Waals surface area contributed by atoms with Crippen LogP contribution >= 0.6 is 0 Å². The highest BCUT2D eigenvalue weighted by Gasteiger charge is 2.33. The molecule has 0 radical (unpaired) electrons. The van der Waals surface area contributed by atoms with E-state index in [-0.39, 0.29) is 25.4 Å². The standard InChI is InChI=1S/C22H25F2N7O/c1-13-14(2)27-20-19(26-13)18(15-4-6-22(23,24)7-5-15)28-21(29-20)31-8-9-32-17(12-31)16-10-25-30(3)11-16/h4,10-11,17H,5-9,12H2,1-3H3/t17-/m1/s1. The van der Waals surface area contributed by atoms with Crippen LogP contribution in [0.25, 0.3) is 16.7 Å². The predicted molar refractivity (Wildman–Crippen MR) is 115 cm³/mol. The summed E-state index contributed by atoms with van der Waals surface area (Å²) in [6, 6.07) is 0. The van der Waals surface area contributed by atoms with E-state index in [0.717, 1.165) is 22.5 Å². The summed E-state index contributed by atoms with van der Waals surface area (Å²) in [6.45, 7) is 5.47. The molecule has 32 heavy (non-hydrogen) atoms. The fourth-order valence-corrected chi connectivity index (χ4v) is 4.11. The van der Waals surface area contributed by atoms with Crippen LogP contribution in [-0.2, 0) is 11.8 Å². The molecule has 0 aromatic carbocycles. The number of allylic oxidation sites excluding steroid dienone is 2. The van der Waals surface area contributed by atoms with Crippen LogP contribution in [0.5, 0.6) is 0 Å². The molecule has 2 aliphatic rings. The number of halogens is 2. The Morgan fingerprint density at radius 3 is 2.66 bits per heavy atom. The summed E-state index contributed by atoms with van der Waals surface area (Å²) in [6.07, 6.45) is 4.93. The van der Waals surface area contributed by atoms with Crippen molar-refractivity contribution in [2.45, 2.75) is 45.1 Å². The van der Waals surface area contributed by atoms with E-state index in [1.165, 1.54) is 0 Å². The number of alkyl halides is 2. The Morgan fingerprint density at radius 1 is 1.12 bits per heavy atom. The molecule has 0 amide bonds. The minimum atomic E-state index is -2.67. The summed E-state index contributed by atoms with van der Waals surface area (Å²) in [5.74, 6) is -2.16. The first kappa shape index (κ1) is 20.9. The Balaban J connectivity index is 1.56. The van der Waals surface area contributed by atoms with Crippen LogP contribution in [0, 0.1) is 13.8 Å². The third kappa shape index (κ3) is 3.94. The third-order valence-corrected chi connectivity index (χ3v) is 6.09. The number of aryl methyl sites for hydroxylation is 3. The molecule has 0 bridgehead atoms. The third-order valence-electron chi connectivity index (χ3n) is 6.09. The Morgan fingerprint density at radius 2 is 1.94 bits per heavy atom. The Labute approximate surface area is 184 Å². The number of hydrogen-bond donors (Lipinski definition) is 0. The molecule has 5 rings (SSSR count). The molecule has 0 unspecified atom stereocenters. The highest BCUT2D eigenvalue weighted by atomic mass is 19.3. The molecule has 1 aliphatic carbocycles. The predicted octanol–water partition coefficient (Wildman–Crippen LogP) is 3.55. The van der Waals surface area contributed by atoms with Crippen LogP contribution in [0.1, 0.15) is 48.0 Å². The first-order chi connectivity index (χ1) is 15.3. The van der Waals surface area contributed by atoms with Crippen molar-refractivity contribution < 1.29 is 13.5 Å². The van der Waals surface area contributed by atoms with Gasteiger partial charge in [-0.15, -0.1) is 0 Å². The summed E-state index contributed by atoms with van der Waals surface area (Å²) in [5, 5.41) is 4.24. The zero-order chi connectivity index (χ0) is 22.5. The number of hydrogen-bond acceptors (Lipinski definition) is 7. The molecule has 10 heteroatoms. The van der Waals surface area contributed by atoms with Gasteiger partial charge in [0.25, 0.3) is 5.92 Å². The molecule has 0 N–H and O–H groups in total. The minimum Gasteiger partial charge on any atom is -0.370 e. The topological polar surface area (TPSA) is 81.9 Å². The number of morpholine rings is 1. The molecular weight excluding hydrogens is 416 g/mol. The summed E-state index contributed by atoms with van der Waals surface area (Å²) < 4.78 is 35.2. The smallest absolute Gasteiger partial charge is 0.251 e. The molecule has 3 aromatic heterocycles. The van der Waals surface area contributed by atoms with Gasteiger partial charge in [0.1, 0.15) is 11.6 Å².